The van der Waals surface area contributed by atoms with Gasteiger partial charge in [-0.1, -0.05) is 50.2 Å². The van der Waals surface area contributed by atoms with Crippen molar-refractivity contribution in [1.82, 2.24) is 35.5 Å². The Morgan fingerprint density at radius 1 is 0.859 bits per heavy atom. The molecule has 5 saturated heterocycles. The highest BCUT2D eigenvalue weighted by molar-refractivity contribution is 5.84. The second kappa shape index (κ2) is 26.1. The number of rotatable bonds is 14. The topological polar surface area (TPSA) is 227 Å². The summed E-state index contributed by atoms with van der Waals surface area (Å²) >= 11 is 0. The van der Waals surface area contributed by atoms with Gasteiger partial charge in [-0.05, 0) is 138 Å². The lowest BCUT2D eigenvalue weighted by Crippen LogP contribution is -2.43. The summed E-state index contributed by atoms with van der Waals surface area (Å²) in [6.45, 7) is 16.4. The number of phenols is 1. The molecule has 3 aromatic heterocycles. The maximum Gasteiger partial charge on any atom is 0.243 e. The van der Waals surface area contributed by atoms with Crippen molar-refractivity contribution in [3.63, 3.8) is 0 Å². The zero-order chi connectivity index (χ0) is 54.7. The summed E-state index contributed by atoms with van der Waals surface area (Å²) in [5, 5.41) is 44.4. The maximum atomic E-state index is 12.2. The van der Waals surface area contributed by atoms with Crippen LogP contribution in [-0.2, 0) is 9.59 Å². The number of carbonyl (C=O) groups is 2. The number of hydrogen-bond donors (Lipinski definition) is 4. The quantitative estimate of drug-likeness (QED) is 0.0765. The Bertz CT molecular complexity index is 2790. The van der Waals surface area contributed by atoms with Crippen LogP contribution in [-0.4, -0.2) is 135 Å². The van der Waals surface area contributed by atoms with Crippen LogP contribution in [0.3, 0.4) is 0 Å². The van der Waals surface area contributed by atoms with E-state index in [1.54, 1.807) is 29.2 Å². The summed E-state index contributed by atoms with van der Waals surface area (Å²) in [6.07, 6.45) is 15.6. The van der Waals surface area contributed by atoms with Gasteiger partial charge in [-0.15, -0.1) is 10.2 Å². The van der Waals surface area contributed by atoms with Crippen LogP contribution in [0, 0.1) is 23.2 Å². The predicted octanol–water partition coefficient (Wildman–Crippen LogP) is 8.47. The minimum Gasteiger partial charge on any atom is -0.507 e. The Balaban J connectivity index is 0.000000149. The summed E-state index contributed by atoms with van der Waals surface area (Å²) in [6, 6.07) is 25.0. The van der Waals surface area contributed by atoms with E-state index < -0.39 is 0 Å². The van der Waals surface area contributed by atoms with E-state index in [9.17, 15) is 19.8 Å². The van der Waals surface area contributed by atoms with E-state index in [-0.39, 0.29) is 29.8 Å². The van der Waals surface area contributed by atoms with E-state index in [0.29, 0.717) is 65.6 Å². The number of nitrogens with two attached hydrogens (primary N) is 1. The van der Waals surface area contributed by atoms with Crippen molar-refractivity contribution in [2.24, 2.45) is 11.8 Å². The van der Waals surface area contributed by atoms with Crippen molar-refractivity contribution in [2.45, 2.75) is 147 Å². The van der Waals surface area contributed by atoms with Crippen LogP contribution in [0.5, 0.6) is 11.6 Å². The first kappa shape index (κ1) is 55.8. The molecule has 18 nitrogen and oxygen atoms in total. The van der Waals surface area contributed by atoms with Crippen molar-refractivity contribution in [1.29, 1.82) is 5.26 Å². The number of ether oxygens (including phenoxy) is 1. The number of benzene rings is 2. The molecule has 5 aliphatic heterocycles. The number of phenolic OH excluding ortho intramolecular Hbond substituents is 1. The van der Waals surface area contributed by atoms with Crippen LogP contribution < -0.4 is 30.5 Å². The number of nitriles is 1. The van der Waals surface area contributed by atoms with E-state index in [2.05, 4.69) is 90.3 Å². The minimum atomic E-state index is -0.353. The highest BCUT2D eigenvalue weighted by Crippen LogP contribution is 2.40. The molecule has 5 aromatic rings. The van der Waals surface area contributed by atoms with Crippen molar-refractivity contribution >= 4 is 35.3 Å². The van der Waals surface area contributed by atoms with Gasteiger partial charge in [0.25, 0.3) is 0 Å². The smallest absolute Gasteiger partial charge is 0.243 e. The SMILES string of the molecule is CC(C)C(C)c1cc(N2CCC(CN3CCC(O)CC3)CC2)no1.CC(NC(=O)C1CCCN1C=O)c1ccc(C#N)cc1.Nc1nnc(-c2ccccc2O)cc1N1CCC2CCC(C1)N2c1ccnc(OC2CCC2)c1. The lowest BCUT2D eigenvalue weighted by molar-refractivity contribution is -0.131. The molecule has 0 radical (unpaired) electrons. The van der Waals surface area contributed by atoms with E-state index in [0.717, 1.165) is 125 Å². The van der Waals surface area contributed by atoms with Crippen molar-refractivity contribution < 1.29 is 29.1 Å². The molecule has 6 fully saturated rings. The number of nitrogen functional groups attached to an aromatic ring is 1. The van der Waals surface area contributed by atoms with Gasteiger partial charge in [0.15, 0.2) is 11.6 Å². The number of hydrogen-bond acceptors (Lipinski definition) is 16. The fourth-order valence-corrected chi connectivity index (χ4v) is 11.7. The molecule has 18 heteroatoms. The first-order valence-electron chi connectivity index (χ1n) is 28.5. The molecule has 416 valence electrons. The van der Waals surface area contributed by atoms with Gasteiger partial charge in [-0.3, -0.25) is 9.59 Å². The number of carbonyl (C=O) groups excluding carboxylic acids is 2. The molecule has 2 aromatic carbocycles. The number of aromatic hydroxyl groups is 1. The van der Waals surface area contributed by atoms with Crippen LogP contribution in [0.15, 0.2) is 83.5 Å². The highest BCUT2D eigenvalue weighted by Gasteiger charge is 2.39. The number of amides is 2. The molecule has 2 amide bonds. The fraction of sp³-hybridized carbons (Fsp3) is 0.550. The number of para-hydroxylation sites is 1. The molecule has 5 unspecified atom stereocenters. The van der Waals surface area contributed by atoms with Gasteiger partial charge in [0.05, 0.1) is 35.2 Å². The summed E-state index contributed by atoms with van der Waals surface area (Å²) in [5.41, 5.74) is 11.2. The summed E-state index contributed by atoms with van der Waals surface area (Å²) in [7, 11) is 0. The molecule has 5 atom stereocenters. The second-order valence-corrected chi connectivity index (χ2v) is 22.6. The molecule has 11 rings (SSSR count). The minimum absolute atomic E-state index is 0.0716. The third kappa shape index (κ3) is 13.8. The Morgan fingerprint density at radius 3 is 2.31 bits per heavy atom. The Kier molecular flexibility index (Phi) is 18.7. The molecule has 6 aliphatic rings. The third-order valence-corrected chi connectivity index (χ3v) is 17.1. The number of aliphatic hydroxyl groups excluding tert-OH is 1. The Hall–Kier alpha value is -6.97. The van der Waals surface area contributed by atoms with Crippen molar-refractivity contribution in [3.8, 4) is 29.0 Å². The van der Waals surface area contributed by atoms with Crippen molar-refractivity contribution in [2.75, 3.05) is 72.8 Å². The molecule has 78 heavy (non-hydrogen) atoms. The third-order valence-electron chi connectivity index (χ3n) is 17.1. The molecule has 1 saturated carbocycles. The van der Waals surface area contributed by atoms with Crippen LogP contribution in [0.2, 0.25) is 0 Å². The zero-order valence-corrected chi connectivity index (χ0v) is 46.0. The van der Waals surface area contributed by atoms with Gasteiger partial charge in [-0.2, -0.15) is 5.26 Å². The monoisotopic (exact) mass is 1060 g/mol. The van der Waals surface area contributed by atoms with E-state index in [1.165, 1.54) is 37.9 Å². The van der Waals surface area contributed by atoms with Gasteiger partial charge in [-0.25, -0.2) is 4.98 Å². The zero-order valence-electron chi connectivity index (χ0n) is 46.0. The highest BCUT2D eigenvalue weighted by atomic mass is 16.5. The number of nitrogens with zero attached hydrogens (tertiary/aromatic N) is 10. The number of aliphatic hydroxyl groups is 1. The van der Waals surface area contributed by atoms with Gasteiger partial charge >= 0.3 is 0 Å². The number of nitrogens with one attached hydrogen (secondary N) is 1. The van der Waals surface area contributed by atoms with E-state index in [4.69, 9.17) is 20.3 Å². The molecule has 0 spiro atoms. The lowest BCUT2D eigenvalue weighted by atomic mass is 9.94. The summed E-state index contributed by atoms with van der Waals surface area (Å²) in [4.78, 5) is 38.8. The number of anilines is 4. The van der Waals surface area contributed by atoms with E-state index >= 15 is 0 Å². The van der Waals surface area contributed by atoms with Crippen molar-refractivity contribution in [3.05, 3.63) is 95.9 Å². The second-order valence-electron chi connectivity index (χ2n) is 22.6. The van der Waals surface area contributed by atoms with Crippen LogP contribution in [0.25, 0.3) is 11.3 Å². The van der Waals surface area contributed by atoms with Crippen LogP contribution in [0.4, 0.5) is 23.0 Å². The molecule has 1 aliphatic carbocycles. The maximum absolute atomic E-state index is 12.2. The van der Waals surface area contributed by atoms with Gasteiger partial charge in [0.1, 0.15) is 23.7 Å². The van der Waals surface area contributed by atoms with Crippen LogP contribution in [0.1, 0.15) is 134 Å². The number of fused-ring (bicyclic) bond motifs is 2. The average molecular weight is 1070 g/mol. The Labute approximate surface area is 459 Å². The lowest BCUT2D eigenvalue weighted by Gasteiger charge is -2.36. The molecule has 8 heterocycles. The first-order chi connectivity index (χ1) is 37.8. The number of pyridine rings is 1. The number of piperidine rings is 2. The van der Waals surface area contributed by atoms with Crippen LogP contribution >= 0.6 is 0 Å². The molecule has 2 bridgehead atoms. The average Bonchev–Trinajstić information content (AvgIpc) is 4.27. The molecular formula is C60H80N12O6. The summed E-state index contributed by atoms with van der Waals surface area (Å²) < 4.78 is 11.7. The number of likely N-dealkylation sites (tertiary alicyclic amines) is 2. The van der Waals surface area contributed by atoms with E-state index in [1.807, 2.05) is 43.5 Å². The fourth-order valence-electron chi connectivity index (χ4n) is 11.7. The Morgan fingerprint density at radius 2 is 1.60 bits per heavy atom. The largest absolute Gasteiger partial charge is 0.507 e. The molecular weight excluding hydrogens is 985 g/mol. The molecule has 5 N–H and O–H groups in total. The standard InChI is InChI=1S/C26H30N6O2.C19H33N3O2.C15H17N3O2/c27-26-23(15-22(29-30-26)21-6-1-2-7-24(21)33)31-13-11-17-8-9-19(16-31)32(17)18-10-12-28-25(14-18)34-20-4-3-5-20;1-14(2)15(3)18-12-19(20-24-18)22-10-4-16(5-11-22)13-21-8-6-17(23)7-9-21;1-11(13-6-4-12(9-16)5-7-13)17-15(20)14-3-2-8-18(14)10-19/h1-2,6-7,10,12,14-15,17,19-20,33H,3-5,8-9,11,13,16H2,(H2,27,30);12,14-17,23H,4-11,13H2,1-3H3;4-7,10-11,14H,2-3,8H2,1H3,(H,17,20). The normalized spacial score (nSPS) is 21.8. The predicted molar refractivity (Wildman–Crippen MR) is 302 cm³/mol. The van der Waals surface area contributed by atoms with Gasteiger partial charge in [0, 0.05) is 99.9 Å². The van der Waals surface area contributed by atoms with Gasteiger partial charge in [0.2, 0.25) is 18.2 Å². The van der Waals surface area contributed by atoms with Gasteiger partial charge < -0.3 is 55.0 Å². The first-order valence-corrected chi connectivity index (χ1v) is 28.5. The number of aromatic nitrogens is 4. The summed E-state index contributed by atoms with van der Waals surface area (Å²) in [5.74, 6) is 5.00.